The van der Waals surface area contributed by atoms with Crippen LogP contribution >= 0.6 is 22.4 Å². The molecule has 0 aliphatic heterocycles. The summed E-state index contributed by atoms with van der Waals surface area (Å²) in [5, 5.41) is 1.57. The van der Waals surface area contributed by atoms with Gasteiger partial charge in [-0.1, -0.05) is 64.2 Å². The Kier molecular flexibility index (Phi) is 9.26. The molecule has 0 aliphatic rings. The van der Waals surface area contributed by atoms with Gasteiger partial charge in [-0.25, -0.2) is 0 Å². The van der Waals surface area contributed by atoms with Gasteiger partial charge in [-0.05, 0) is 94.4 Å². The van der Waals surface area contributed by atoms with Crippen molar-refractivity contribution in [3.63, 3.8) is 0 Å². The second-order valence-corrected chi connectivity index (χ2v) is 15.5. The van der Waals surface area contributed by atoms with Crippen LogP contribution in [0.3, 0.4) is 0 Å². The topological polar surface area (TPSA) is 0 Å². The van der Waals surface area contributed by atoms with E-state index in [1.165, 1.54) is 59.9 Å². The van der Waals surface area contributed by atoms with Crippen LogP contribution in [0.15, 0.2) is 46.2 Å². The zero-order chi connectivity index (χ0) is 22.2. The maximum absolute atomic E-state index is 2.36. The maximum Gasteiger partial charge on any atom is 1.00 e. The van der Waals surface area contributed by atoms with Gasteiger partial charge in [-0.15, -0.1) is 7.10 Å². The van der Waals surface area contributed by atoms with Gasteiger partial charge >= 0.3 is 18.9 Å². The van der Waals surface area contributed by atoms with Crippen molar-refractivity contribution in [3.05, 3.63) is 86.5 Å². The molecule has 4 heteroatoms. The Labute approximate surface area is 211 Å². The van der Waals surface area contributed by atoms with E-state index in [1.54, 1.807) is 5.19 Å². The molecule has 0 spiro atoms. The summed E-state index contributed by atoms with van der Waals surface area (Å²) >= 11 is 4.24. The summed E-state index contributed by atoms with van der Waals surface area (Å²) in [7, 11) is -0.984. The summed E-state index contributed by atoms with van der Waals surface area (Å²) in [5.41, 5.74) is 12.5. The number of benzene rings is 3. The minimum atomic E-state index is -0.984. The summed E-state index contributed by atoms with van der Waals surface area (Å²) in [6.07, 6.45) is 0. The van der Waals surface area contributed by atoms with E-state index in [-0.39, 0.29) is 18.9 Å². The van der Waals surface area contributed by atoms with Gasteiger partial charge in [0, 0.05) is 0 Å². The van der Waals surface area contributed by atoms with Crippen molar-refractivity contribution in [2.45, 2.75) is 72.1 Å². The molecule has 0 unspecified atom stereocenters. The molecule has 0 radical (unpaired) electrons. The SMILES string of the molecule is Cc1cc(C)c(S[Si-](Sc2c(C)cc(C)cc2C)c2c(C)cc(C)cc2C)c(C)c1.[Li+]. The average Bonchev–Trinajstić information content (AvgIpc) is 2.59. The number of hydrogen-bond donors (Lipinski definition) is 0. The predicted octanol–water partition coefficient (Wildman–Crippen LogP) is 4.75. The normalized spacial score (nSPS) is 10.7. The van der Waals surface area contributed by atoms with Crippen LogP contribution in [0.5, 0.6) is 0 Å². The molecule has 31 heavy (non-hydrogen) atoms. The van der Waals surface area contributed by atoms with Crippen molar-refractivity contribution in [2.75, 3.05) is 0 Å². The fraction of sp³-hybridized carbons (Fsp3) is 0.333. The first-order valence-electron chi connectivity index (χ1n) is 10.5. The van der Waals surface area contributed by atoms with E-state index in [9.17, 15) is 0 Å². The quantitative estimate of drug-likeness (QED) is 0.509. The third kappa shape index (κ3) is 6.15. The minimum Gasteiger partial charge on any atom is -0.304 e. The Bertz CT molecular complexity index is 976. The van der Waals surface area contributed by atoms with Crippen LogP contribution in [0.1, 0.15) is 50.1 Å². The predicted molar refractivity (Wildman–Crippen MR) is 139 cm³/mol. The van der Waals surface area contributed by atoms with E-state index in [1.807, 2.05) is 0 Å². The monoisotopic (exact) mass is 456 g/mol. The Balaban J connectivity index is 0.00000341. The maximum atomic E-state index is 2.36. The molecular formula is C27H33LiS2Si. The van der Waals surface area contributed by atoms with E-state index in [2.05, 4.69) is 121 Å². The second kappa shape index (κ2) is 10.9. The van der Waals surface area contributed by atoms with Gasteiger partial charge in [0.15, 0.2) is 0 Å². The molecule has 3 aromatic carbocycles. The van der Waals surface area contributed by atoms with Crippen LogP contribution in [0, 0.1) is 62.3 Å². The minimum absolute atomic E-state index is 0. The first-order chi connectivity index (χ1) is 14.1. The van der Waals surface area contributed by atoms with Crippen molar-refractivity contribution in [1.29, 1.82) is 0 Å². The van der Waals surface area contributed by atoms with Gasteiger partial charge in [-0.2, -0.15) is 5.19 Å². The molecule has 3 aromatic rings. The summed E-state index contributed by atoms with van der Waals surface area (Å²) in [6, 6.07) is 14.0. The van der Waals surface area contributed by atoms with Gasteiger partial charge < -0.3 is 22.4 Å². The van der Waals surface area contributed by atoms with Crippen molar-refractivity contribution in [3.8, 4) is 0 Å². The Hall–Kier alpha value is -0.826. The summed E-state index contributed by atoms with van der Waals surface area (Å²) < 4.78 is 0. The molecule has 0 nitrogen and oxygen atoms in total. The zero-order valence-corrected chi connectivity index (χ0v) is 23.4. The molecule has 0 fully saturated rings. The van der Waals surface area contributed by atoms with E-state index in [0.29, 0.717) is 0 Å². The van der Waals surface area contributed by atoms with Crippen molar-refractivity contribution < 1.29 is 18.9 Å². The molecule has 0 aliphatic carbocycles. The van der Waals surface area contributed by atoms with Crippen LogP contribution in [0.25, 0.3) is 0 Å². The second-order valence-electron chi connectivity index (χ2n) is 8.72. The standard InChI is InChI=1S/C27H33S2Si.Li/c1-16-10-19(4)25(20(5)11-16)28-30(27-23(8)14-18(3)15-24(27)9)29-26-21(6)12-17(2)13-22(26)7;/h10-15H,1-9H3;/q-1;+1. The van der Waals surface area contributed by atoms with Crippen LogP contribution in [0.4, 0.5) is 0 Å². The van der Waals surface area contributed by atoms with Gasteiger partial charge in [0.25, 0.3) is 0 Å². The number of aryl methyl sites for hydroxylation is 9. The first-order valence-corrected chi connectivity index (χ1v) is 15.1. The smallest absolute Gasteiger partial charge is 0.304 e. The van der Waals surface area contributed by atoms with E-state index >= 15 is 0 Å². The molecule has 0 N–H and O–H groups in total. The molecule has 0 bridgehead atoms. The van der Waals surface area contributed by atoms with Crippen LogP contribution < -0.4 is 24.0 Å². The molecule has 0 atom stereocenters. The van der Waals surface area contributed by atoms with Crippen molar-refractivity contribution >= 4 is 34.7 Å². The molecule has 0 aromatic heterocycles. The molecule has 0 amide bonds. The van der Waals surface area contributed by atoms with Crippen molar-refractivity contribution in [2.24, 2.45) is 0 Å². The molecule has 0 saturated heterocycles. The van der Waals surface area contributed by atoms with Gasteiger partial charge in [0.05, 0.1) is 0 Å². The Morgan fingerprint density at radius 1 is 0.452 bits per heavy atom. The van der Waals surface area contributed by atoms with Crippen LogP contribution in [0.2, 0.25) is 0 Å². The summed E-state index contributed by atoms with van der Waals surface area (Å²) in [6.45, 7) is 20.3. The number of rotatable bonds is 5. The zero-order valence-electron chi connectivity index (χ0n) is 20.8. The van der Waals surface area contributed by atoms with Crippen LogP contribution in [-0.4, -0.2) is 7.10 Å². The Morgan fingerprint density at radius 3 is 1.00 bits per heavy atom. The van der Waals surface area contributed by atoms with E-state index in [4.69, 9.17) is 0 Å². The molecule has 3 rings (SSSR count). The van der Waals surface area contributed by atoms with Gasteiger partial charge in [0.2, 0.25) is 0 Å². The fourth-order valence-electron chi connectivity index (χ4n) is 4.47. The molecular weight excluding hydrogens is 423 g/mol. The molecule has 0 heterocycles. The van der Waals surface area contributed by atoms with Crippen LogP contribution in [-0.2, 0) is 0 Å². The fourth-order valence-corrected chi connectivity index (χ4v) is 14.3. The van der Waals surface area contributed by atoms with E-state index in [0.717, 1.165) is 0 Å². The first kappa shape index (κ1) is 26.4. The third-order valence-corrected chi connectivity index (χ3v) is 13.8. The summed E-state index contributed by atoms with van der Waals surface area (Å²) in [4.78, 5) is 2.92. The van der Waals surface area contributed by atoms with Gasteiger partial charge in [-0.3, -0.25) is 0 Å². The molecule has 158 valence electrons. The van der Waals surface area contributed by atoms with Crippen molar-refractivity contribution in [1.82, 2.24) is 0 Å². The molecule has 0 saturated carbocycles. The summed E-state index contributed by atoms with van der Waals surface area (Å²) in [5.74, 6) is 0. The third-order valence-electron chi connectivity index (χ3n) is 5.48. The number of hydrogen-bond acceptors (Lipinski definition) is 2. The van der Waals surface area contributed by atoms with Gasteiger partial charge in [0.1, 0.15) is 0 Å². The van der Waals surface area contributed by atoms with E-state index < -0.39 is 7.10 Å². The largest absolute Gasteiger partial charge is 1.00 e. The average molecular weight is 457 g/mol. The Morgan fingerprint density at radius 2 is 0.710 bits per heavy atom.